The Morgan fingerprint density at radius 3 is 2.71 bits per heavy atom. The zero-order valence-electron chi connectivity index (χ0n) is 12.2. The molecule has 108 valence electrons. The van der Waals surface area contributed by atoms with Crippen molar-refractivity contribution in [2.24, 2.45) is 0 Å². The van der Waals surface area contributed by atoms with Crippen LogP contribution >= 0.6 is 0 Å². The minimum absolute atomic E-state index is 0.138. The lowest BCUT2D eigenvalue weighted by molar-refractivity contribution is 0.284. The second-order valence-electron chi connectivity index (χ2n) is 4.60. The topological polar surface area (TPSA) is 38.7 Å². The van der Waals surface area contributed by atoms with E-state index in [0.29, 0.717) is 6.61 Å². The van der Waals surface area contributed by atoms with Crippen molar-refractivity contribution < 1.29 is 14.6 Å². The molecule has 0 spiro atoms. The van der Waals surface area contributed by atoms with E-state index in [1.807, 2.05) is 49.4 Å². The van der Waals surface area contributed by atoms with Gasteiger partial charge in [-0.15, -0.1) is 0 Å². The van der Waals surface area contributed by atoms with E-state index in [4.69, 9.17) is 14.6 Å². The van der Waals surface area contributed by atoms with Crippen LogP contribution < -0.4 is 9.47 Å². The first-order valence-electron chi connectivity index (χ1n) is 6.69. The summed E-state index contributed by atoms with van der Waals surface area (Å²) >= 11 is 0. The second-order valence-corrected chi connectivity index (χ2v) is 4.60. The molecule has 1 N–H and O–H groups in total. The molecule has 3 nitrogen and oxygen atoms in total. The van der Waals surface area contributed by atoms with Crippen molar-refractivity contribution in [3.05, 3.63) is 59.2 Å². The van der Waals surface area contributed by atoms with Crippen molar-refractivity contribution >= 4 is 0 Å². The van der Waals surface area contributed by atoms with Gasteiger partial charge in [0.05, 0.1) is 7.11 Å². The fourth-order valence-electron chi connectivity index (χ4n) is 1.94. The molecule has 0 unspecified atom stereocenters. The number of hydrogen-bond donors (Lipinski definition) is 1. The fraction of sp³-hybridized carbons (Fsp3) is 0.222. The average Bonchev–Trinajstić information content (AvgIpc) is 2.52. The van der Waals surface area contributed by atoms with Crippen molar-refractivity contribution in [2.45, 2.75) is 13.5 Å². The maximum Gasteiger partial charge on any atom is 0.161 e. The quantitative estimate of drug-likeness (QED) is 0.876. The van der Waals surface area contributed by atoms with Crippen LogP contribution in [0, 0.1) is 18.8 Å². The zero-order valence-corrected chi connectivity index (χ0v) is 12.2. The van der Waals surface area contributed by atoms with Gasteiger partial charge in [0.2, 0.25) is 0 Å². The Labute approximate surface area is 125 Å². The van der Waals surface area contributed by atoms with Crippen LogP contribution in [0.5, 0.6) is 11.5 Å². The third kappa shape index (κ3) is 4.27. The number of ether oxygens (including phenoxy) is 2. The Bertz CT molecular complexity index is 666. The molecule has 2 rings (SSSR count). The lowest BCUT2D eigenvalue weighted by Gasteiger charge is -2.11. The summed E-state index contributed by atoms with van der Waals surface area (Å²) in [6, 6.07) is 13.6. The molecule has 0 aliphatic carbocycles. The summed E-state index contributed by atoms with van der Waals surface area (Å²) in [5, 5.41) is 8.72. The van der Waals surface area contributed by atoms with Crippen molar-refractivity contribution in [3.63, 3.8) is 0 Å². The fourth-order valence-corrected chi connectivity index (χ4v) is 1.94. The van der Waals surface area contributed by atoms with Crippen LogP contribution in [0.4, 0.5) is 0 Å². The third-order valence-corrected chi connectivity index (χ3v) is 2.95. The number of benzene rings is 2. The molecule has 0 heterocycles. The second kappa shape index (κ2) is 7.37. The molecule has 0 aliphatic heterocycles. The molecular weight excluding hydrogens is 264 g/mol. The number of aryl methyl sites for hydroxylation is 1. The highest BCUT2D eigenvalue weighted by molar-refractivity contribution is 5.43. The summed E-state index contributed by atoms with van der Waals surface area (Å²) in [5.41, 5.74) is 3.00. The van der Waals surface area contributed by atoms with Crippen molar-refractivity contribution in [2.75, 3.05) is 13.7 Å². The summed E-state index contributed by atoms with van der Waals surface area (Å²) in [7, 11) is 1.63. The Hall–Kier alpha value is -2.44. The first kappa shape index (κ1) is 15.0. The highest BCUT2D eigenvalue weighted by Gasteiger charge is 2.04. The van der Waals surface area contributed by atoms with Gasteiger partial charge in [0, 0.05) is 5.56 Å². The maximum absolute atomic E-state index is 8.72. The molecule has 3 heteroatoms. The van der Waals surface area contributed by atoms with Gasteiger partial charge >= 0.3 is 0 Å². The van der Waals surface area contributed by atoms with Gasteiger partial charge in [0.1, 0.15) is 13.2 Å². The van der Waals surface area contributed by atoms with E-state index in [0.717, 1.165) is 28.2 Å². The highest BCUT2D eigenvalue weighted by Crippen LogP contribution is 2.28. The van der Waals surface area contributed by atoms with Gasteiger partial charge in [-0.25, -0.2) is 0 Å². The Kier molecular flexibility index (Phi) is 5.25. The summed E-state index contributed by atoms with van der Waals surface area (Å²) < 4.78 is 11.1. The molecule has 0 amide bonds. The molecule has 0 aromatic heterocycles. The predicted molar refractivity (Wildman–Crippen MR) is 82.5 cm³/mol. The Morgan fingerprint density at radius 2 is 1.95 bits per heavy atom. The van der Waals surface area contributed by atoms with Crippen LogP contribution in [-0.4, -0.2) is 18.8 Å². The first-order valence-corrected chi connectivity index (χ1v) is 6.69. The molecule has 0 bridgehead atoms. The van der Waals surface area contributed by atoms with E-state index < -0.39 is 0 Å². The SMILES string of the molecule is COc1cc(C)ccc1OCc1cccc(C#CCO)c1. The van der Waals surface area contributed by atoms with E-state index >= 15 is 0 Å². The Balaban J connectivity index is 2.09. The third-order valence-electron chi connectivity index (χ3n) is 2.95. The van der Waals surface area contributed by atoms with Crippen LogP contribution in [0.15, 0.2) is 42.5 Å². The van der Waals surface area contributed by atoms with Gasteiger partial charge in [-0.3, -0.25) is 0 Å². The van der Waals surface area contributed by atoms with Crippen LogP contribution in [0.3, 0.4) is 0 Å². The molecule has 2 aromatic rings. The monoisotopic (exact) mass is 282 g/mol. The maximum atomic E-state index is 8.72. The largest absolute Gasteiger partial charge is 0.493 e. The van der Waals surface area contributed by atoms with E-state index in [1.54, 1.807) is 7.11 Å². The van der Waals surface area contributed by atoms with E-state index in [9.17, 15) is 0 Å². The molecule has 0 radical (unpaired) electrons. The van der Waals surface area contributed by atoms with Crippen molar-refractivity contribution in [3.8, 4) is 23.3 Å². The molecule has 0 fully saturated rings. The molecule has 0 saturated carbocycles. The van der Waals surface area contributed by atoms with Gasteiger partial charge in [0.25, 0.3) is 0 Å². The summed E-state index contributed by atoms with van der Waals surface area (Å²) in [6.07, 6.45) is 0. The van der Waals surface area contributed by atoms with Crippen LogP contribution in [0.1, 0.15) is 16.7 Å². The van der Waals surface area contributed by atoms with E-state index in [1.165, 1.54) is 0 Å². The summed E-state index contributed by atoms with van der Waals surface area (Å²) in [5.74, 6) is 6.96. The van der Waals surface area contributed by atoms with E-state index in [2.05, 4.69) is 11.8 Å². The first-order chi connectivity index (χ1) is 10.2. The number of aliphatic hydroxyl groups is 1. The van der Waals surface area contributed by atoms with Crippen LogP contribution in [-0.2, 0) is 6.61 Å². The van der Waals surface area contributed by atoms with Crippen LogP contribution in [0.2, 0.25) is 0 Å². The molecule has 0 aliphatic rings. The molecule has 0 saturated heterocycles. The van der Waals surface area contributed by atoms with Crippen molar-refractivity contribution in [1.82, 2.24) is 0 Å². The van der Waals surface area contributed by atoms with Gasteiger partial charge in [0.15, 0.2) is 11.5 Å². The lowest BCUT2D eigenvalue weighted by atomic mass is 10.1. The lowest BCUT2D eigenvalue weighted by Crippen LogP contribution is -1.98. The summed E-state index contributed by atoms with van der Waals surface area (Å²) in [4.78, 5) is 0. The average molecular weight is 282 g/mol. The van der Waals surface area contributed by atoms with Gasteiger partial charge in [-0.2, -0.15) is 0 Å². The molecular formula is C18H18O3. The van der Waals surface area contributed by atoms with Gasteiger partial charge in [-0.1, -0.05) is 30.0 Å². The standard InChI is InChI=1S/C18H18O3/c1-14-8-9-17(18(11-14)20-2)21-13-16-6-3-5-15(12-16)7-4-10-19/h3,5-6,8-9,11-12,19H,10,13H2,1-2H3. The van der Waals surface area contributed by atoms with Gasteiger partial charge in [-0.05, 0) is 42.3 Å². The molecule has 21 heavy (non-hydrogen) atoms. The molecule has 0 atom stereocenters. The minimum atomic E-state index is -0.138. The minimum Gasteiger partial charge on any atom is -0.493 e. The van der Waals surface area contributed by atoms with Gasteiger partial charge < -0.3 is 14.6 Å². The predicted octanol–water partition coefficient (Wildman–Crippen LogP) is 2.93. The summed E-state index contributed by atoms with van der Waals surface area (Å²) in [6.45, 7) is 2.31. The van der Waals surface area contributed by atoms with E-state index in [-0.39, 0.29) is 6.61 Å². The number of rotatable bonds is 4. The van der Waals surface area contributed by atoms with Crippen molar-refractivity contribution in [1.29, 1.82) is 0 Å². The molecule has 2 aromatic carbocycles. The highest BCUT2D eigenvalue weighted by atomic mass is 16.5. The zero-order chi connectivity index (χ0) is 15.1. The Morgan fingerprint density at radius 1 is 1.10 bits per heavy atom. The van der Waals surface area contributed by atoms with Crippen LogP contribution in [0.25, 0.3) is 0 Å². The number of methoxy groups -OCH3 is 1. The smallest absolute Gasteiger partial charge is 0.161 e. The number of aliphatic hydroxyl groups excluding tert-OH is 1. The number of hydrogen-bond acceptors (Lipinski definition) is 3. The normalized spacial score (nSPS) is 9.67.